The minimum atomic E-state index is -2.52. The van der Waals surface area contributed by atoms with Gasteiger partial charge in [-0.1, -0.05) is 30.7 Å². The van der Waals surface area contributed by atoms with E-state index in [0.29, 0.717) is 43.7 Å². The second kappa shape index (κ2) is 9.41. The number of nitrogens with one attached hydrogen (secondary N) is 1. The number of hydrogen-bond donors (Lipinski definition) is 1. The molecule has 3 heterocycles. The Morgan fingerprint density at radius 3 is 2.53 bits per heavy atom. The number of hydrogen-bond acceptors (Lipinski definition) is 5. The third-order valence-electron chi connectivity index (χ3n) is 7.21. The number of fused-ring (bicyclic) bond motifs is 1. The number of nitrogens with zero attached hydrogens (tertiary/aromatic N) is 4. The SMILES string of the molecule is CC(Nc1ncc2ccc(=O)n(CC3CCC3)c2n1)c1ccc(CN2CCC(F)(F)CC2)cc1. The van der Waals surface area contributed by atoms with Gasteiger partial charge in [-0.3, -0.25) is 14.3 Å². The molecule has 0 radical (unpaired) electrons. The highest BCUT2D eigenvalue weighted by molar-refractivity contribution is 5.75. The van der Waals surface area contributed by atoms with E-state index in [1.807, 2.05) is 6.92 Å². The summed E-state index contributed by atoms with van der Waals surface area (Å²) in [6.45, 7) is 4.29. The highest BCUT2D eigenvalue weighted by Gasteiger charge is 2.33. The topological polar surface area (TPSA) is 63.1 Å². The van der Waals surface area contributed by atoms with E-state index in [-0.39, 0.29) is 24.4 Å². The Balaban J connectivity index is 1.26. The van der Waals surface area contributed by atoms with Gasteiger partial charge < -0.3 is 5.32 Å². The molecule has 1 saturated heterocycles. The second-order valence-corrected chi connectivity index (χ2v) is 9.79. The van der Waals surface area contributed by atoms with Crippen LogP contribution in [0.5, 0.6) is 0 Å². The van der Waals surface area contributed by atoms with Crippen LogP contribution in [0.4, 0.5) is 14.7 Å². The highest BCUT2D eigenvalue weighted by Crippen LogP contribution is 2.29. The van der Waals surface area contributed by atoms with Gasteiger partial charge in [-0.2, -0.15) is 4.98 Å². The third kappa shape index (κ3) is 5.12. The molecule has 2 aromatic heterocycles. The second-order valence-electron chi connectivity index (χ2n) is 9.79. The molecule has 0 spiro atoms. The smallest absolute Gasteiger partial charge is 0.252 e. The van der Waals surface area contributed by atoms with Crippen LogP contribution in [0.3, 0.4) is 0 Å². The minimum absolute atomic E-state index is 0.0230. The predicted octanol–water partition coefficient (Wildman–Crippen LogP) is 5.00. The number of aromatic nitrogens is 3. The van der Waals surface area contributed by atoms with Crippen LogP contribution < -0.4 is 10.9 Å². The number of piperidine rings is 1. The van der Waals surface area contributed by atoms with Gasteiger partial charge in [-0.15, -0.1) is 0 Å². The fourth-order valence-electron chi connectivity index (χ4n) is 4.74. The van der Waals surface area contributed by atoms with E-state index in [9.17, 15) is 13.6 Å². The number of likely N-dealkylation sites (tertiary alicyclic amines) is 1. The van der Waals surface area contributed by atoms with Crippen LogP contribution in [0.25, 0.3) is 11.0 Å². The van der Waals surface area contributed by atoms with Gasteiger partial charge in [0.15, 0.2) is 0 Å². The molecule has 34 heavy (non-hydrogen) atoms. The summed E-state index contributed by atoms with van der Waals surface area (Å²) in [5.41, 5.74) is 2.84. The molecule has 1 aromatic carbocycles. The first-order valence-electron chi connectivity index (χ1n) is 12.2. The van der Waals surface area contributed by atoms with Gasteiger partial charge in [0.25, 0.3) is 11.5 Å². The first kappa shape index (κ1) is 22.9. The molecule has 3 aromatic rings. The maximum Gasteiger partial charge on any atom is 0.252 e. The van der Waals surface area contributed by atoms with E-state index in [0.717, 1.165) is 29.4 Å². The fraction of sp³-hybridized carbons (Fsp3) is 0.500. The molecule has 2 fully saturated rings. The molecule has 0 bridgehead atoms. The monoisotopic (exact) mass is 467 g/mol. The summed E-state index contributed by atoms with van der Waals surface area (Å²) >= 11 is 0. The number of benzene rings is 1. The molecule has 0 amide bonds. The Hall–Kier alpha value is -2.87. The number of halogens is 2. The summed E-state index contributed by atoms with van der Waals surface area (Å²) in [7, 11) is 0. The zero-order chi connectivity index (χ0) is 23.7. The lowest BCUT2D eigenvalue weighted by Gasteiger charge is -2.31. The Labute approximate surface area is 198 Å². The van der Waals surface area contributed by atoms with E-state index in [2.05, 4.69) is 39.5 Å². The summed E-state index contributed by atoms with van der Waals surface area (Å²) in [4.78, 5) is 23.7. The average molecular weight is 468 g/mol. The quantitative estimate of drug-likeness (QED) is 0.530. The Morgan fingerprint density at radius 1 is 1.12 bits per heavy atom. The molecule has 8 heteroatoms. The Kier molecular flexibility index (Phi) is 6.34. The Morgan fingerprint density at radius 2 is 1.85 bits per heavy atom. The molecule has 2 aliphatic rings. The van der Waals surface area contributed by atoms with Gasteiger partial charge >= 0.3 is 0 Å². The van der Waals surface area contributed by atoms with Crippen LogP contribution in [0.15, 0.2) is 47.4 Å². The summed E-state index contributed by atoms with van der Waals surface area (Å²) in [6, 6.07) is 11.6. The molecule has 180 valence electrons. The van der Waals surface area contributed by atoms with E-state index in [1.165, 1.54) is 6.42 Å². The van der Waals surface area contributed by atoms with Crippen LogP contribution in [0, 0.1) is 5.92 Å². The summed E-state index contributed by atoms with van der Waals surface area (Å²) in [5.74, 6) is -1.47. The molecule has 1 aliphatic carbocycles. The molecular formula is C26H31F2N5O. The minimum Gasteiger partial charge on any atom is -0.348 e. The zero-order valence-corrected chi connectivity index (χ0v) is 19.5. The molecule has 5 rings (SSSR count). The molecule has 1 unspecified atom stereocenters. The lowest BCUT2D eigenvalue weighted by Crippen LogP contribution is -2.38. The third-order valence-corrected chi connectivity index (χ3v) is 7.21. The lowest BCUT2D eigenvalue weighted by molar-refractivity contribution is -0.0566. The van der Waals surface area contributed by atoms with Crippen LogP contribution in [0.2, 0.25) is 0 Å². The molecule has 1 aliphatic heterocycles. The van der Waals surface area contributed by atoms with Crippen molar-refractivity contribution in [3.63, 3.8) is 0 Å². The van der Waals surface area contributed by atoms with Gasteiger partial charge in [-0.25, -0.2) is 13.8 Å². The van der Waals surface area contributed by atoms with Crippen LogP contribution in [-0.2, 0) is 13.1 Å². The molecule has 1 saturated carbocycles. The van der Waals surface area contributed by atoms with Crippen molar-refractivity contribution in [2.45, 2.75) is 64.1 Å². The fourth-order valence-corrected chi connectivity index (χ4v) is 4.74. The average Bonchev–Trinajstić information content (AvgIpc) is 2.79. The van der Waals surface area contributed by atoms with Gasteiger partial charge in [0.05, 0.1) is 6.04 Å². The van der Waals surface area contributed by atoms with Crippen molar-refractivity contribution in [2.75, 3.05) is 18.4 Å². The molecule has 1 atom stereocenters. The number of anilines is 1. The number of pyridine rings is 1. The van der Waals surface area contributed by atoms with Crippen LogP contribution in [-0.4, -0.2) is 38.4 Å². The first-order valence-corrected chi connectivity index (χ1v) is 12.2. The molecular weight excluding hydrogens is 436 g/mol. The highest BCUT2D eigenvalue weighted by atomic mass is 19.3. The van der Waals surface area contributed by atoms with E-state index in [4.69, 9.17) is 4.98 Å². The van der Waals surface area contributed by atoms with E-state index < -0.39 is 5.92 Å². The van der Waals surface area contributed by atoms with Gasteiger partial charge in [0.1, 0.15) is 5.65 Å². The van der Waals surface area contributed by atoms with Crippen molar-refractivity contribution in [3.8, 4) is 0 Å². The van der Waals surface area contributed by atoms with Crippen molar-refractivity contribution in [1.82, 2.24) is 19.4 Å². The standard InChI is InChI=1S/C26H31F2N5O/c1-18(21-7-5-20(6-8-21)16-32-13-11-26(27,28)12-14-32)30-25-29-15-22-9-10-23(34)33(24(22)31-25)17-19-3-2-4-19/h5-10,15,18-19H,2-4,11-14,16-17H2,1H3,(H,29,30,31). The first-order chi connectivity index (χ1) is 16.4. The van der Waals surface area contributed by atoms with E-state index >= 15 is 0 Å². The largest absolute Gasteiger partial charge is 0.348 e. The summed E-state index contributed by atoms with van der Waals surface area (Å²) in [5, 5.41) is 4.22. The number of rotatable bonds is 7. The van der Waals surface area contributed by atoms with Crippen molar-refractivity contribution in [2.24, 2.45) is 5.92 Å². The summed E-state index contributed by atoms with van der Waals surface area (Å²) < 4.78 is 28.5. The van der Waals surface area contributed by atoms with E-state index in [1.54, 1.807) is 22.9 Å². The molecule has 6 nitrogen and oxygen atoms in total. The van der Waals surface area contributed by atoms with Gasteiger partial charge in [0.2, 0.25) is 5.95 Å². The van der Waals surface area contributed by atoms with Crippen LogP contribution in [0.1, 0.15) is 56.2 Å². The van der Waals surface area contributed by atoms with Crippen LogP contribution >= 0.6 is 0 Å². The maximum atomic E-state index is 13.4. The van der Waals surface area contributed by atoms with Crippen molar-refractivity contribution in [1.29, 1.82) is 0 Å². The van der Waals surface area contributed by atoms with Crippen molar-refractivity contribution in [3.05, 3.63) is 64.1 Å². The molecule has 1 N–H and O–H groups in total. The van der Waals surface area contributed by atoms with Crippen molar-refractivity contribution < 1.29 is 8.78 Å². The lowest BCUT2D eigenvalue weighted by atomic mass is 9.85. The Bertz CT molecular complexity index is 1200. The zero-order valence-electron chi connectivity index (χ0n) is 19.5. The van der Waals surface area contributed by atoms with Gasteiger partial charge in [-0.05, 0) is 42.9 Å². The van der Waals surface area contributed by atoms with Gasteiger partial charge in [0, 0.05) is 56.7 Å². The number of alkyl halides is 2. The van der Waals surface area contributed by atoms with Crippen molar-refractivity contribution >= 4 is 17.0 Å². The normalized spacial score (nSPS) is 19.6. The summed E-state index contributed by atoms with van der Waals surface area (Å²) in [6.07, 6.45) is 5.20. The predicted molar refractivity (Wildman–Crippen MR) is 129 cm³/mol. The maximum absolute atomic E-state index is 13.4.